The Labute approximate surface area is 204 Å². The Bertz CT molecular complexity index is 1410. The van der Waals surface area contributed by atoms with Crippen LogP contribution in [-0.2, 0) is 9.53 Å². The lowest BCUT2D eigenvalue weighted by molar-refractivity contribution is -0.384. The third-order valence-electron chi connectivity index (χ3n) is 4.96. The Morgan fingerprint density at radius 1 is 1.14 bits per heavy atom. The molecule has 0 aromatic heterocycles. The molecule has 10 heteroatoms. The first-order chi connectivity index (χ1) is 16.7. The van der Waals surface area contributed by atoms with Gasteiger partial charge in [0.05, 0.1) is 22.6 Å². The number of hydrogen-bond acceptors (Lipinski definition) is 8. The molecule has 0 spiro atoms. The quantitative estimate of drug-likeness (QED) is 0.154. The maximum atomic E-state index is 12.5. The van der Waals surface area contributed by atoms with Crippen LogP contribution >= 0.6 is 11.6 Å². The van der Waals surface area contributed by atoms with Crippen LogP contribution in [0.25, 0.3) is 6.08 Å². The second-order valence-electron chi connectivity index (χ2n) is 7.43. The molecule has 0 aliphatic carbocycles. The van der Waals surface area contributed by atoms with Crippen LogP contribution in [0, 0.1) is 17.0 Å². The number of cyclic esters (lactones) is 1. The van der Waals surface area contributed by atoms with E-state index in [1.54, 1.807) is 30.3 Å². The zero-order chi connectivity index (χ0) is 25.1. The summed E-state index contributed by atoms with van der Waals surface area (Å²) in [6.07, 6.45) is 1.41. The van der Waals surface area contributed by atoms with Crippen molar-refractivity contribution in [3.05, 3.63) is 104 Å². The Morgan fingerprint density at radius 3 is 2.57 bits per heavy atom. The van der Waals surface area contributed by atoms with Gasteiger partial charge < -0.3 is 14.2 Å². The van der Waals surface area contributed by atoms with E-state index in [4.69, 9.17) is 25.8 Å². The third-order valence-corrected chi connectivity index (χ3v) is 5.24. The fourth-order valence-electron chi connectivity index (χ4n) is 3.21. The van der Waals surface area contributed by atoms with Gasteiger partial charge in [0, 0.05) is 17.7 Å². The lowest BCUT2D eigenvalue weighted by Crippen LogP contribution is -2.09. The highest BCUT2D eigenvalue weighted by atomic mass is 35.5. The van der Waals surface area contributed by atoms with E-state index in [1.165, 1.54) is 43.5 Å². The van der Waals surface area contributed by atoms with Crippen LogP contribution in [0.5, 0.6) is 11.5 Å². The summed E-state index contributed by atoms with van der Waals surface area (Å²) in [4.78, 5) is 39.5. The minimum absolute atomic E-state index is 0.0247. The van der Waals surface area contributed by atoms with E-state index in [9.17, 15) is 19.7 Å². The van der Waals surface area contributed by atoms with Crippen LogP contribution in [0.15, 0.2) is 71.4 Å². The first kappa shape index (κ1) is 23.7. The number of rotatable bonds is 6. The molecule has 1 aliphatic heterocycles. The molecule has 0 unspecified atom stereocenters. The number of esters is 2. The summed E-state index contributed by atoms with van der Waals surface area (Å²) >= 11 is 6.36. The Morgan fingerprint density at radius 2 is 1.89 bits per heavy atom. The van der Waals surface area contributed by atoms with Crippen LogP contribution < -0.4 is 9.47 Å². The molecule has 0 saturated heterocycles. The maximum absolute atomic E-state index is 12.5. The zero-order valence-corrected chi connectivity index (χ0v) is 19.2. The number of halogens is 1. The monoisotopic (exact) mass is 492 g/mol. The number of carbonyl (C=O) groups excluding carboxylic acids is 2. The molecule has 1 aliphatic rings. The Kier molecular flexibility index (Phi) is 6.61. The van der Waals surface area contributed by atoms with Gasteiger partial charge in [-0.05, 0) is 48.9 Å². The SMILES string of the molecule is COc1cc(/C=C2\N=C(c3cccc([N+](=O)[O-])c3)OC2=O)cc(Cl)c1OC(=O)c1ccc(C)cc1. The molecule has 4 rings (SSSR count). The van der Waals surface area contributed by atoms with Crippen LogP contribution in [0.2, 0.25) is 5.02 Å². The summed E-state index contributed by atoms with van der Waals surface area (Å²) in [6, 6.07) is 15.4. The van der Waals surface area contributed by atoms with Crippen molar-refractivity contribution in [3.63, 3.8) is 0 Å². The number of benzene rings is 3. The lowest BCUT2D eigenvalue weighted by Gasteiger charge is -2.12. The largest absolute Gasteiger partial charge is 0.493 e. The number of nitrogens with zero attached hydrogens (tertiary/aromatic N) is 2. The first-order valence-corrected chi connectivity index (χ1v) is 10.6. The van der Waals surface area contributed by atoms with Gasteiger partial charge in [-0.3, -0.25) is 10.1 Å². The molecule has 0 bridgehead atoms. The minimum Gasteiger partial charge on any atom is -0.493 e. The molecule has 0 fully saturated rings. The molecule has 3 aromatic rings. The third kappa shape index (κ3) is 5.20. The Balaban J connectivity index is 1.62. The highest BCUT2D eigenvalue weighted by molar-refractivity contribution is 6.32. The number of ether oxygens (including phenoxy) is 3. The number of aliphatic imine (C=N–C) groups is 1. The van der Waals surface area contributed by atoms with E-state index in [1.807, 2.05) is 6.92 Å². The second kappa shape index (κ2) is 9.78. The molecular weight excluding hydrogens is 476 g/mol. The molecule has 9 nitrogen and oxygen atoms in total. The molecule has 3 aromatic carbocycles. The van der Waals surface area contributed by atoms with Crippen molar-refractivity contribution in [2.24, 2.45) is 4.99 Å². The average Bonchev–Trinajstić information content (AvgIpc) is 3.21. The van der Waals surface area contributed by atoms with Gasteiger partial charge in [-0.15, -0.1) is 0 Å². The first-order valence-electron chi connectivity index (χ1n) is 10.2. The van der Waals surface area contributed by atoms with E-state index in [0.29, 0.717) is 11.1 Å². The van der Waals surface area contributed by atoms with Gasteiger partial charge in [0.2, 0.25) is 5.90 Å². The number of hydrogen-bond donors (Lipinski definition) is 0. The second-order valence-corrected chi connectivity index (χ2v) is 7.84. The number of nitro groups is 1. The molecule has 1 heterocycles. The molecular formula is C25H17ClN2O7. The molecule has 0 amide bonds. The fraction of sp³-hybridized carbons (Fsp3) is 0.0800. The van der Waals surface area contributed by atoms with E-state index < -0.39 is 16.9 Å². The highest BCUT2D eigenvalue weighted by Gasteiger charge is 2.26. The molecule has 0 N–H and O–H groups in total. The minimum atomic E-state index is -0.739. The van der Waals surface area contributed by atoms with E-state index in [0.717, 1.165) is 5.56 Å². The summed E-state index contributed by atoms with van der Waals surface area (Å²) in [5.41, 5.74) is 1.84. The summed E-state index contributed by atoms with van der Waals surface area (Å²) in [6.45, 7) is 1.90. The van der Waals surface area contributed by atoms with Crippen molar-refractivity contribution in [1.82, 2.24) is 0 Å². The molecule has 176 valence electrons. The van der Waals surface area contributed by atoms with Crippen LogP contribution in [-0.4, -0.2) is 29.9 Å². The van der Waals surface area contributed by atoms with E-state index >= 15 is 0 Å². The van der Waals surface area contributed by atoms with Gasteiger partial charge in [0.15, 0.2) is 17.2 Å². The average molecular weight is 493 g/mol. The predicted octanol–water partition coefficient (Wildman–Crippen LogP) is 5.13. The molecule has 35 heavy (non-hydrogen) atoms. The normalized spacial score (nSPS) is 13.9. The van der Waals surface area contributed by atoms with Gasteiger partial charge in [-0.1, -0.05) is 35.4 Å². The van der Waals surface area contributed by atoms with Crippen LogP contribution in [0.1, 0.15) is 27.0 Å². The number of nitro benzene ring substituents is 1. The molecule has 0 saturated carbocycles. The van der Waals surface area contributed by atoms with Gasteiger partial charge in [0.25, 0.3) is 5.69 Å². The van der Waals surface area contributed by atoms with Crippen molar-refractivity contribution in [3.8, 4) is 11.5 Å². The van der Waals surface area contributed by atoms with Crippen LogP contribution in [0.4, 0.5) is 5.69 Å². The topological polar surface area (TPSA) is 117 Å². The van der Waals surface area contributed by atoms with Gasteiger partial charge in [-0.25, -0.2) is 14.6 Å². The summed E-state index contributed by atoms with van der Waals surface area (Å²) in [7, 11) is 1.38. The summed E-state index contributed by atoms with van der Waals surface area (Å²) in [5, 5.41) is 11.1. The number of methoxy groups -OCH3 is 1. The number of carbonyl (C=O) groups is 2. The number of aryl methyl sites for hydroxylation is 1. The van der Waals surface area contributed by atoms with Crippen molar-refractivity contribution >= 4 is 41.2 Å². The van der Waals surface area contributed by atoms with Gasteiger partial charge in [-0.2, -0.15) is 0 Å². The van der Waals surface area contributed by atoms with Gasteiger partial charge >= 0.3 is 11.9 Å². The smallest absolute Gasteiger partial charge is 0.363 e. The summed E-state index contributed by atoms with van der Waals surface area (Å²) < 4.78 is 16.0. The predicted molar refractivity (Wildman–Crippen MR) is 128 cm³/mol. The van der Waals surface area contributed by atoms with E-state index in [2.05, 4.69) is 4.99 Å². The van der Waals surface area contributed by atoms with Crippen molar-refractivity contribution < 1.29 is 28.7 Å². The molecule has 0 atom stereocenters. The van der Waals surface area contributed by atoms with Gasteiger partial charge in [0.1, 0.15) is 0 Å². The van der Waals surface area contributed by atoms with Crippen molar-refractivity contribution in [2.45, 2.75) is 6.92 Å². The Hall–Kier alpha value is -4.50. The lowest BCUT2D eigenvalue weighted by atomic mass is 10.1. The van der Waals surface area contributed by atoms with Crippen molar-refractivity contribution in [2.75, 3.05) is 7.11 Å². The zero-order valence-electron chi connectivity index (χ0n) is 18.5. The highest BCUT2D eigenvalue weighted by Crippen LogP contribution is 2.38. The van der Waals surface area contributed by atoms with Crippen LogP contribution in [0.3, 0.4) is 0 Å². The summed E-state index contributed by atoms with van der Waals surface area (Å²) in [5.74, 6) is -1.22. The molecule has 0 radical (unpaired) electrons. The number of non-ortho nitro benzene ring substituents is 1. The van der Waals surface area contributed by atoms with E-state index in [-0.39, 0.29) is 39.4 Å². The maximum Gasteiger partial charge on any atom is 0.363 e. The van der Waals surface area contributed by atoms with Crippen molar-refractivity contribution in [1.29, 1.82) is 0 Å². The standard InChI is InChI=1S/C25H17ClN2O7/c1-14-6-8-16(9-7-14)24(29)34-22-19(26)10-15(12-21(22)33-2)11-20-25(30)35-23(27-20)17-4-3-5-18(13-17)28(31)32/h3-13H,1-2H3/b20-11-. The fourth-order valence-corrected chi connectivity index (χ4v) is 3.46.